The Balaban J connectivity index is 1.31. The Labute approximate surface area is 199 Å². The molecule has 3 aromatic rings. The van der Waals surface area contributed by atoms with Crippen LogP contribution in [0.4, 0.5) is 0 Å². The smallest absolute Gasteiger partial charge is 0.237 e. The minimum Gasteiger partial charge on any atom is -0.385 e. The number of carbonyl (C=O) groups is 1. The Morgan fingerprint density at radius 2 is 1.85 bits per heavy atom. The van der Waals surface area contributed by atoms with E-state index in [-0.39, 0.29) is 17.7 Å². The molecule has 6 rings (SSSR count). The fourth-order valence-corrected chi connectivity index (χ4v) is 6.75. The van der Waals surface area contributed by atoms with Crippen LogP contribution < -0.4 is 0 Å². The van der Waals surface area contributed by atoms with Crippen molar-refractivity contribution < 1.29 is 9.90 Å². The topological polar surface area (TPSA) is 53.4 Å². The van der Waals surface area contributed by atoms with Gasteiger partial charge >= 0.3 is 0 Å². The molecule has 33 heavy (non-hydrogen) atoms. The minimum absolute atomic E-state index is 0.0807. The lowest BCUT2D eigenvalue weighted by Gasteiger charge is -2.42. The van der Waals surface area contributed by atoms with E-state index < -0.39 is 11.0 Å². The zero-order valence-electron chi connectivity index (χ0n) is 18.7. The van der Waals surface area contributed by atoms with E-state index in [1.165, 1.54) is 11.1 Å². The molecule has 0 radical (unpaired) electrons. The fraction of sp³-hybridized carbons (Fsp3) is 0.357. The van der Waals surface area contributed by atoms with Crippen molar-refractivity contribution in [1.29, 1.82) is 0 Å². The zero-order valence-corrected chi connectivity index (χ0v) is 19.4. The lowest BCUT2D eigenvalue weighted by molar-refractivity contribution is -0.139. The number of rotatable bonds is 3. The molecule has 0 spiro atoms. The fourth-order valence-electron chi connectivity index (χ4n) is 6.58. The molecule has 2 bridgehead atoms. The standard InChI is InChI=1S/C28H27ClN2O2/c1-27(33,19-5-4-12-30-17-19)18-10-13-31(14-11-18)26(32)28-16-23(21-6-2-3-7-24(21)28)22-9-8-20(29)15-25(22)28/h2-9,12,15,17-18,23,33H,10-11,13-14,16H2,1H3/t23-,27-,28?/m0/s1. The second kappa shape index (κ2) is 7.41. The zero-order chi connectivity index (χ0) is 22.8. The summed E-state index contributed by atoms with van der Waals surface area (Å²) in [5.41, 5.74) is 3.95. The van der Waals surface area contributed by atoms with E-state index in [9.17, 15) is 9.90 Å². The second-order valence-corrected chi connectivity index (χ2v) is 10.4. The predicted octanol–water partition coefficient (Wildman–Crippen LogP) is 5.02. The molecular weight excluding hydrogens is 432 g/mol. The van der Waals surface area contributed by atoms with Crippen LogP contribution in [0.2, 0.25) is 5.02 Å². The van der Waals surface area contributed by atoms with Crippen molar-refractivity contribution >= 4 is 17.5 Å². The van der Waals surface area contributed by atoms with Crippen molar-refractivity contribution in [3.63, 3.8) is 0 Å². The number of likely N-dealkylation sites (tertiary alicyclic amines) is 1. The number of aromatic nitrogens is 1. The highest BCUT2D eigenvalue weighted by Crippen LogP contribution is 2.61. The Kier molecular flexibility index (Phi) is 4.69. The first-order valence-corrected chi connectivity index (χ1v) is 12.1. The first-order chi connectivity index (χ1) is 15.9. The van der Waals surface area contributed by atoms with Crippen LogP contribution in [0, 0.1) is 5.92 Å². The number of aliphatic hydroxyl groups is 1. The molecule has 1 amide bonds. The summed E-state index contributed by atoms with van der Waals surface area (Å²) < 4.78 is 0. The van der Waals surface area contributed by atoms with Crippen LogP contribution in [0.15, 0.2) is 67.0 Å². The van der Waals surface area contributed by atoms with Gasteiger partial charge in [-0.2, -0.15) is 0 Å². The molecule has 5 heteroatoms. The summed E-state index contributed by atoms with van der Waals surface area (Å²) in [6, 6.07) is 18.2. The monoisotopic (exact) mass is 458 g/mol. The van der Waals surface area contributed by atoms with E-state index in [2.05, 4.69) is 29.2 Å². The maximum Gasteiger partial charge on any atom is 0.237 e. The molecule has 2 aliphatic carbocycles. The molecular formula is C28H27ClN2O2. The van der Waals surface area contributed by atoms with Crippen LogP contribution in [0.1, 0.15) is 59.9 Å². The highest BCUT2D eigenvalue weighted by atomic mass is 35.5. The number of nitrogens with zero attached hydrogens (tertiary/aromatic N) is 2. The van der Waals surface area contributed by atoms with Gasteiger partial charge in [-0.3, -0.25) is 9.78 Å². The van der Waals surface area contributed by atoms with Crippen LogP contribution in [0.25, 0.3) is 0 Å². The van der Waals surface area contributed by atoms with E-state index in [1.54, 1.807) is 12.4 Å². The highest BCUT2D eigenvalue weighted by molar-refractivity contribution is 6.30. The molecule has 3 aliphatic rings. The van der Waals surface area contributed by atoms with E-state index >= 15 is 0 Å². The van der Waals surface area contributed by atoms with Crippen molar-refractivity contribution in [2.75, 3.05) is 13.1 Å². The van der Waals surface area contributed by atoms with E-state index in [1.807, 2.05) is 42.2 Å². The molecule has 2 aromatic carbocycles. The average Bonchev–Trinajstić information content (AvgIpc) is 3.37. The van der Waals surface area contributed by atoms with Crippen molar-refractivity contribution in [3.05, 3.63) is 99.8 Å². The van der Waals surface area contributed by atoms with E-state index in [0.717, 1.165) is 36.0 Å². The molecule has 3 atom stereocenters. The van der Waals surface area contributed by atoms with Gasteiger partial charge in [-0.25, -0.2) is 0 Å². The molecule has 1 aliphatic heterocycles. The quantitative estimate of drug-likeness (QED) is 0.599. The summed E-state index contributed by atoms with van der Waals surface area (Å²) in [5, 5.41) is 12.0. The first-order valence-electron chi connectivity index (χ1n) is 11.7. The molecule has 0 saturated carbocycles. The normalized spacial score (nSPS) is 25.4. The van der Waals surface area contributed by atoms with Crippen LogP contribution in [0.3, 0.4) is 0 Å². The van der Waals surface area contributed by atoms with E-state index in [0.29, 0.717) is 18.1 Å². The molecule has 1 unspecified atom stereocenters. The van der Waals surface area contributed by atoms with Crippen LogP contribution in [0.5, 0.6) is 0 Å². The van der Waals surface area contributed by atoms with Gasteiger partial charge in [-0.1, -0.05) is 48.0 Å². The number of hydrogen-bond donors (Lipinski definition) is 1. The summed E-state index contributed by atoms with van der Waals surface area (Å²) in [5.74, 6) is 0.511. The van der Waals surface area contributed by atoms with Gasteiger partial charge in [0.2, 0.25) is 5.91 Å². The van der Waals surface area contributed by atoms with Gasteiger partial charge in [0.25, 0.3) is 0 Å². The third-order valence-electron chi connectivity index (χ3n) is 8.35. The SMILES string of the molecule is C[C@@](O)(c1cccnc1)C1CCN(C(=O)C23C[C@@H](c4ccccc42)c2ccc(Cl)cc23)CC1. The minimum atomic E-state index is -0.958. The summed E-state index contributed by atoms with van der Waals surface area (Å²) in [4.78, 5) is 20.5. The van der Waals surface area contributed by atoms with Gasteiger partial charge in [-0.15, -0.1) is 0 Å². The van der Waals surface area contributed by atoms with Gasteiger partial charge in [0.15, 0.2) is 0 Å². The number of benzene rings is 2. The lowest BCUT2D eigenvalue weighted by Crippen LogP contribution is -2.51. The summed E-state index contributed by atoms with van der Waals surface area (Å²) >= 11 is 6.41. The van der Waals surface area contributed by atoms with Crippen LogP contribution in [-0.2, 0) is 15.8 Å². The van der Waals surface area contributed by atoms with Crippen molar-refractivity contribution in [2.24, 2.45) is 5.92 Å². The molecule has 168 valence electrons. The van der Waals surface area contributed by atoms with Crippen LogP contribution in [-0.4, -0.2) is 34.0 Å². The number of piperidine rings is 1. The summed E-state index contributed by atoms with van der Waals surface area (Å²) in [6.07, 6.45) is 5.77. The first kappa shape index (κ1) is 20.9. The molecule has 1 fully saturated rings. The van der Waals surface area contributed by atoms with Gasteiger partial charge in [0, 0.05) is 42.0 Å². The number of pyridine rings is 1. The Hall–Kier alpha value is -2.69. The van der Waals surface area contributed by atoms with Gasteiger partial charge in [0.05, 0.1) is 5.60 Å². The summed E-state index contributed by atoms with van der Waals surface area (Å²) in [7, 11) is 0. The van der Waals surface area contributed by atoms with E-state index in [4.69, 9.17) is 11.6 Å². The lowest BCUT2D eigenvalue weighted by atomic mass is 9.73. The molecule has 4 nitrogen and oxygen atoms in total. The van der Waals surface area contributed by atoms with Crippen molar-refractivity contribution in [2.45, 2.75) is 43.1 Å². The highest BCUT2D eigenvalue weighted by Gasteiger charge is 2.58. The largest absolute Gasteiger partial charge is 0.385 e. The van der Waals surface area contributed by atoms with Crippen LogP contribution >= 0.6 is 11.6 Å². The van der Waals surface area contributed by atoms with Gasteiger partial charge < -0.3 is 10.0 Å². The molecule has 1 saturated heterocycles. The molecule has 1 N–H and O–H groups in total. The number of carbonyl (C=O) groups excluding carboxylic acids is 1. The third-order valence-corrected chi connectivity index (χ3v) is 8.58. The van der Waals surface area contributed by atoms with Gasteiger partial charge in [0.1, 0.15) is 5.41 Å². The van der Waals surface area contributed by atoms with Crippen molar-refractivity contribution in [1.82, 2.24) is 9.88 Å². The molecule has 1 aromatic heterocycles. The maximum atomic E-state index is 14.3. The molecule has 2 heterocycles. The predicted molar refractivity (Wildman–Crippen MR) is 128 cm³/mol. The number of fused-ring (bicyclic) bond motifs is 8. The number of amides is 1. The summed E-state index contributed by atoms with van der Waals surface area (Å²) in [6.45, 7) is 3.16. The Morgan fingerprint density at radius 1 is 1.09 bits per heavy atom. The second-order valence-electron chi connectivity index (χ2n) is 9.94. The number of halogens is 1. The third kappa shape index (κ3) is 2.93. The van der Waals surface area contributed by atoms with Gasteiger partial charge in [-0.05, 0) is 72.6 Å². The number of hydrogen-bond acceptors (Lipinski definition) is 3. The average molecular weight is 459 g/mol. The Bertz CT molecular complexity index is 1230. The Morgan fingerprint density at radius 3 is 2.61 bits per heavy atom. The van der Waals surface area contributed by atoms with Crippen molar-refractivity contribution in [3.8, 4) is 0 Å². The maximum absolute atomic E-state index is 14.3.